The molecule has 1 aliphatic rings. The Hall–Kier alpha value is -3.39. The van der Waals surface area contributed by atoms with Gasteiger partial charge in [0.25, 0.3) is 0 Å². The number of rotatable bonds is 5. The lowest BCUT2D eigenvalue weighted by Crippen LogP contribution is -2.29. The number of aromatic nitrogens is 5. The predicted octanol–water partition coefficient (Wildman–Crippen LogP) is 3.25. The van der Waals surface area contributed by atoms with Gasteiger partial charge in [-0.1, -0.05) is 0 Å². The van der Waals surface area contributed by atoms with Crippen LogP contribution in [0.1, 0.15) is 40.8 Å². The van der Waals surface area contributed by atoms with E-state index in [0.717, 1.165) is 48.1 Å². The van der Waals surface area contributed by atoms with E-state index in [4.69, 9.17) is 9.40 Å². The highest BCUT2D eigenvalue weighted by Crippen LogP contribution is 2.27. The Morgan fingerprint density at radius 1 is 1.16 bits per heavy atom. The maximum absolute atomic E-state index is 12.8. The number of hydrogen-bond donors (Lipinski definition) is 0. The first-order valence-corrected chi connectivity index (χ1v) is 10.5. The van der Waals surface area contributed by atoms with Gasteiger partial charge in [-0.15, -0.1) is 0 Å². The molecule has 5 rings (SSSR count). The van der Waals surface area contributed by atoms with E-state index >= 15 is 0 Å². The molecule has 5 heterocycles. The van der Waals surface area contributed by atoms with Crippen LogP contribution in [0.3, 0.4) is 0 Å². The Morgan fingerprint density at radius 2 is 2.00 bits per heavy atom. The van der Waals surface area contributed by atoms with Crippen molar-refractivity contribution in [2.45, 2.75) is 25.2 Å². The fourth-order valence-corrected chi connectivity index (χ4v) is 3.98. The summed E-state index contributed by atoms with van der Waals surface area (Å²) < 4.78 is 7.39. The molecule has 0 aromatic carbocycles. The molecule has 4 aromatic heterocycles. The normalized spacial score (nSPS) is 15.5. The van der Waals surface area contributed by atoms with Crippen LogP contribution in [-0.2, 0) is 13.5 Å². The van der Waals surface area contributed by atoms with Gasteiger partial charge in [0.1, 0.15) is 12.0 Å². The van der Waals surface area contributed by atoms with Crippen molar-refractivity contribution in [1.29, 1.82) is 0 Å². The minimum atomic E-state index is -0.0989. The summed E-state index contributed by atoms with van der Waals surface area (Å²) in [6.07, 6.45) is 9.11. The van der Waals surface area contributed by atoms with E-state index in [-0.39, 0.29) is 18.1 Å². The van der Waals surface area contributed by atoms with Gasteiger partial charge < -0.3 is 9.32 Å². The average molecular weight is 416 g/mol. The fourth-order valence-electron chi connectivity index (χ4n) is 3.98. The van der Waals surface area contributed by atoms with Crippen LogP contribution >= 0.6 is 0 Å². The summed E-state index contributed by atoms with van der Waals surface area (Å²) in [6, 6.07) is 5.80. The molecule has 0 unspecified atom stereocenters. The molecule has 1 saturated heterocycles. The van der Waals surface area contributed by atoms with E-state index in [1.807, 2.05) is 31.4 Å². The van der Waals surface area contributed by atoms with Gasteiger partial charge in [-0.3, -0.25) is 14.5 Å². The van der Waals surface area contributed by atoms with Crippen LogP contribution in [0.25, 0.3) is 22.2 Å². The standard InChI is InChI=1S/C23H24N6O2/c1-28-7-5-15(6-8-28)23-27-21(14-31-23)22(30)10-18-9-20-16(11-24-18)3-4-19(26-20)17-12-25-29(2)13-17/h3-4,9,11-15H,5-8,10H2,1-2H3. The number of Topliss-reactive ketones (excluding diaryl/α,β-unsaturated/α-hetero) is 1. The number of carbonyl (C=O) groups excluding carboxylic acids is 1. The van der Waals surface area contributed by atoms with Crippen LogP contribution in [0.5, 0.6) is 0 Å². The second-order valence-corrected chi connectivity index (χ2v) is 8.22. The molecular weight excluding hydrogens is 392 g/mol. The Morgan fingerprint density at radius 3 is 2.77 bits per heavy atom. The van der Waals surface area contributed by atoms with Crippen molar-refractivity contribution in [2.24, 2.45) is 7.05 Å². The number of aryl methyl sites for hydroxylation is 1. The third-order valence-electron chi connectivity index (χ3n) is 5.85. The molecule has 0 radical (unpaired) electrons. The summed E-state index contributed by atoms with van der Waals surface area (Å²) in [4.78, 5) is 28.7. The Bertz CT molecular complexity index is 1240. The van der Waals surface area contributed by atoms with Crippen LogP contribution in [0.2, 0.25) is 0 Å². The quantitative estimate of drug-likeness (QED) is 0.461. The summed E-state index contributed by atoms with van der Waals surface area (Å²) in [5.74, 6) is 0.857. The van der Waals surface area contributed by atoms with Gasteiger partial charge in [0.05, 0.1) is 29.5 Å². The Kier molecular flexibility index (Phi) is 5.07. The van der Waals surface area contributed by atoms with Crippen LogP contribution in [-0.4, -0.2) is 55.6 Å². The highest BCUT2D eigenvalue weighted by atomic mass is 16.3. The summed E-state index contributed by atoms with van der Waals surface area (Å²) in [5, 5.41) is 5.13. The molecule has 158 valence electrons. The highest BCUT2D eigenvalue weighted by molar-refractivity contribution is 5.95. The van der Waals surface area contributed by atoms with E-state index in [1.165, 1.54) is 6.26 Å². The number of carbonyl (C=O) groups is 1. The smallest absolute Gasteiger partial charge is 0.197 e. The minimum absolute atomic E-state index is 0.0989. The number of piperidine rings is 1. The zero-order valence-electron chi connectivity index (χ0n) is 17.7. The van der Waals surface area contributed by atoms with E-state index in [1.54, 1.807) is 17.1 Å². The predicted molar refractivity (Wildman–Crippen MR) is 116 cm³/mol. The van der Waals surface area contributed by atoms with Crippen LogP contribution in [0.4, 0.5) is 0 Å². The number of nitrogens with zero attached hydrogens (tertiary/aromatic N) is 6. The van der Waals surface area contributed by atoms with E-state index < -0.39 is 0 Å². The van der Waals surface area contributed by atoms with Gasteiger partial charge in [0.15, 0.2) is 11.7 Å². The fraction of sp³-hybridized carbons (Fsp3) is 0.348. The van der Waals surface area contributed by atoms with E-state index in [0.29, 0.717) is 17.3 Å². The van der Waals surface area contributed by atoms with Crippen molar-refractivity contribution in [3.63, 3.8) is 0 Å². The van der Waals surface area contributed by atoms with Gasteiger partial charge in [0, 0.05) is 36.3 Å². The van der Waals surface area contributed by atoms with Gasteiger partial charge in [-0.2, -0.15) is 5.10 Å². The van der Waals surface area contributed by atoms with Gasteiger partial charge >= 0.3 is 0 Å². The summed E-state index contributed by atoms with van der Waals surface area (Å²) in [7, 11) is 3.99. The number of hydrogen-bond acceptors (Lipinski definition) is 7. The Labute approximate surface area is 179 Å². The lowest BCUT2D eigenvalue weighted by atomic mass is 9.97. The third-order valence-corrected chi connectivity index (χ3v) is 5.85. The second-order valence-electron chi connectivity index (χ2n) is 8.22. The zero-order chi connectivity index (χ0) is 21.4. The number of oxazole rings is 1. The lowest BCUT2D eigenvalue weighted by molar-refractivity contribution is 0.0987. The molecule has 8 heteroatoms. The van der Waals surface area contributed by atoms with Gasteiger partial charge in [-0.25, -0.2) is 9.97 Å². The maximum Gasteiger partial charge on any atom is 0.197 e. The van der Waals surface area contributed by atoms with Gasteiger partial charge in [0.2, 0.25) is 0 Å². The molecule has 1 fully saturated rings. The first-order valence-electron chi connectivity index (χ1n) is 10.5. The summed E-state index contributed by atoms with van der Waals surface area (Å²) in [6.45, 7) is 2.04. The Balaban J connectivity index is 1.33. The molecule has 0 N–H and O–H groups in total. The molecule has 0 amide bonds. The molecule has 0 aliphatic carbocycles. The molecule has 0 saturated carbocycles. The molecular formula is C23H24N6O2. The van der Waals surface area contributed by atoms with Crippen molar-refractivity contribution >= 4 is 16.7 Å². The highest BCUT2D eigenvalue weighted by Gasteiger charge is 2.24. The molecule has 0 bridgehead atoms. The van der Waals surface area contributed by atoms with Gasteiger partial charge in [-0.05, 0) is 51.2 Å². The van der Waals surface area contributed by atoms with Crippen molar-refractivity contribution in [1.82, 2.24) is 29.6 Å². The molecule has 4 aromatic rings. The topological polar surface area (TPSA) is 89.9 Å². The maximum atomic E-state index is 12.8. The number of fused-ring (bicyclic) bond motifs is 1. The lowest BCUT2D eigenvalue weighted by Gasteiger charge is -2.26. The largest absolute Gasteiger partial charge is 0.448 e. The second kappa shape index (κ2) is 8.03. The molecule has 31 heavy (non-hydrogen) atoms. The number of likely N-dealkylation sites (tertiary alicyclic amines) is 1. The molecule has 0 atom stereocenters. The zero-order valence-corrected chi connectivity index (χ0v) is 17.7. The third kappa shape index (κ3) is 4.11. The number of ketones is 1. The van der Waals surface area contributed by atoms with Crippen LogP contribution in [0.15, 0.2) is 47.5 Å². The van der Waals surface area contributed by atoms with Crippen molar-refractivity contribution in [3.05, 3.63) is 60.3 Å². The minimum Gasteiger partial charge on any atom is -0.448 e. The summed E-state index contributed by atoms with van der Waals surface area (Å²) >= 11 is 0. The average Bonchev–Trinajstić information content (AvgIpc) is 3.43. The first-order chi connectivity index (χ1) is 15.0. The molecule has 1 aliphatic heterocycles. The molecule has 0 spiro atoms. The van der Waals surface area contributed by atoms with Crippen molar-refractivity contribution < 1.29 is 9.21 Å². The van der Waals surface area contributed by atoms with E-state index in [9.17, 15) is 4.79 Å². The van der Waals surface area contributed by atoms with E-state index in [2.05, 4.69) is 27.0 Å². The SMILES string of the molecule is CN1CCC(c2nc(C(=O)Cc3cc4nc(-c5cnn(C)c5)ccc4cn3)co2)CC1. The summed E-state index contributed by atoms with van der Waals surface area (Å²) in [5.41, 5.74) is 3.61. The number of pyridine rings is 2. The van der Waals surface area contributed by atoms with Crippen LogP contribution in [0, 0.1) is 0 Å². The van der Waals surface area contributed by atoms with Crippen LogP contribution < -0.4 is 0 Å². The molecule has 8 nitrogen and oxygen atoms in total. The van der Waals surface area contributed by atoms with Crippen molar-refractivity contribution in [2.75, 3.05) is 20.1 Å². The van der Waals surface area contributed by atoms with Crippen molar-refractivity contribution in [3.8, 4) is 11.3 Å². The first kappa shape index (κ1) is 19.6. The monoisotopic (exact) mass is 416 g/mol.